The number of amides is 1. The van der Waals surface area contributed by atoms with Crippen LogP contribution in [0.25, 0.3) is 0 Å². The first-order chi connectivity index (χ1) is 10.7. The molecule has 0 aliphatic carbocycles. The zero-order chi connectivity index (χ0) is 15.9. The summed E-state index contributed by atoms with van der Waals surface area (Å²) in [6, 6.07) is 6.55. The second-order valence-corrected chi connectivity index (χ2v) is 4.74. The van der Waals surface area contributed by atoms with Crippen molar-refractivity contribution < 1.29 is 14.3 Å². The van der Waals surface area contributed by atoms with Crippen molar-refractivity contribution in [1.82, 2.24) is 4.98 Å². The number of hydrogen-bond acceptors (Lipinski definition) is 4. The number of nitrogens with zero attached hydrogens (tertiary/aromatic N) is 1. The molecule has 0 unspecified atom stereocenters. The Morgan fingerprint density at radius 1 is 1.14 bits per heavy atom. The van der Waals surface area contributed by atoms with Gasteiger partial charge in [0.1, 0.15) is 0 Å². The molecule has 2 rings (SSSR count). The molecule has 6 heteroatoms. The summed E-state index contributed by atoms with van der Waals surface area (Å²) >= 11 is 6.21. The van der Waals surface area contributed by atoms with Crippen LogP contribution in [0.4, 0.5) is 5.69 Å². The van der Waals surface area contributed by atoms with Gasteiger partial charge >= 0.3 is 0 Å². The van der Waals surface area contributed by atoms with Crippen LogP contribution in [0, 0.1) is 0 Å². The first-order valence-electron chi connectivity index (χ1n) is 6.96. The molecule has 0 fully saturated rings. The molecule has 1 N–H and O–H groups in total. The molecule has 0 saturated heterocycles. The first-order valence-corrected chi connectivity index (χ1v) is 7.34. The predicted molar refractivity (Wildman–Crippen MR) is 86.0 cm³/mol. The lowest BCUT2D eigenvalue weighted by atomic mass is 10.2. The lowest BCUT2D eigenvalue weighted by Crippen LogP contribution is -2.12. The number of ether oxygens (including phenoxy) is 2. The molecule has 1 aromatic carbocycles. The smallest absolute Gasteiger partial charge is 0.255 e. The van der Waals surface area contributed by atoms with E-state index < -0.39 is 0 Å². The lowest BCUT2D eigenvalue weighted by Gasteiger charge is -2.14. The zero-order valence-electron chi connectivity index (χ0n) is 12.4. The summed E-state index contributed by atoms with van der Waals surface area (Å²) in [5.41, 5.74) is 0.966. The highest BCUT2D eigenvalue weighted by Gasteiger charge is 2.14. The van der Waals surface area contributed by atoms with Crippen molar-refractivity contribution in [2.75, 3.05) is 18.5 Å². The second kappa shape index (κ2) is 7.66. The van der Waals surface area contributed by atoms with E-state index in [-0.39, 0.29) is 5.91 Å². The van der Waals surface area contributed by atoms with Crippen LogP contribution >= 0.6 is 11.6 Å². The molecule has 1 heterocycles. The highest BCUT2D eigenvalue weighted by atomic mass is 35.5. The van der Waals surface area contributed by atoms with Crippen LogP contribution in [0.15, 0.2) is 36.7 Å². The maximum absolute atomic E-state index is 12.2. The molecule has 2 aromatic rings. The Kier molecular flexibility index (Phi) is 5.61. The Labute approximate surface area is 134 Å². The minimum atomic E-state index is -0.268. The van der Waals surface area contributed by atoms with Gasteiger partial charge in [0.15, 0.2) is 11.5 Å². The number of hydrogen-bond donors (Lipinski definition) is 1. The summed E-state index contributed by atoms with van der Waals surface area (Å²) in [6.45, 7) is 4.74. The Morgan fingerprint density at radius 2 is 1.73 bits per heavy atom. The van der Waals surface area contributed by atoms with Crippen molar-refractivity contribution >= 4 is 23.2 Å². The van der Waals surface area contributed by atoms with E-state index in [1.165, 1.54) is 0 Å². The van der Waals surface area contributed by atoms with Crippen LogP contribution in [0.2, 0.25) is 5.02 Å². The van der Waals surface area contributed by atoms with Gasteiger partial charge in [-0.25, -0.2) is 0 Å². The Hall–Kier alpha value is -2.27. The molecule has 1 aromatic heterocycles. The van der Waals surface area contributed by atoms with Crippen LogP contribution in [-0.4, -0.2) is 24.1 Å². The van der Waals surface area contributed by atoms with Crippen LogP contribution in [0.1, 0.15) is 24.2 Å². The van der Waals surface area contributed by atoms with E-state index in [1.54, 1.807) is 36.7 Å². The molecule has 0 spiro atoms. The average Bonchev–Trinajstić information content (AvgIpc) is 2.53. The normalized spacial score (nSPS) is 10.1. The van der Waals surface area contributed by atoms with E-state index in [1.807, 2.05) is 13.8 Å². The molecule has 22 heavy (non-hydrogen) atoms. The summed E-state index contributed by atoms with van der Waals surface area (Å²) in [7, 11) is 0. The molecule has 5 nitrogen and oxygen atoms in total. The highest BCUT2D eigenvalue weighted by molar-refractivity contribution is 6.34. The summed E-state index contributed by atoms with van der Waals surface area (Å²) in [5.74, 6) is 0.825. The SMILES string of the molecule is CCOc1cc(Cl)c(NC(=O)c2ccncc2)cc1OCC. The number of nitrogens with one attached hydrogen (secondary N) is 1. The molecule has 0 atom stereocenters. The zero-order valence-corrected chi connectivity index (χ0v) is 13.2. The van der Waals surface area contributed by atoms with Crippen molar-refractivity contribution in [3.05, 3.63) is 47.2 Å². The number of anilines is 1. The van der Waals surface area contributed by atoms with Crippen molar-refractivity contribution in [3.63, 3.8) is 0 Å². The molecule has 116 valence electrons. The number of halogens is 1. The van der Waals surface area contributed by atoms with Gasteiger partial charge in [0.2, 0.25) is 0 Å². The fourth-order valence-corrected chi connectivity index (χ4v) is 2.07. The van der Waals surface area contributed by atoms with Crippen LogP contribution in [0.3, 0.4) is 0 Å². The highest BCUT2D eigenvalue weighted by Crippen LogP contribution is 2.36. The summed E-state index contributed by atoms with van der Waals surface area (Å²) in [5, 5.41) is 3.14. The third-order valence-corrected chi connectivity index (χ3v) is 3.14. The van der Waals surface area contributed by atoms with Crippen molar-refractivity contribution in [2.24, 2.45) is 0 Å². The van der Waals surface area contributed by atoms with E-state index in [0.717, 1.165) is 0 Å². The van der Waals surface area contributed by atoms with Crippen molar-refractivity contribution in [2.45, 2.75) is 13.8 Å². The minimum Gasteiger partial charge on any atom is -0.490 e. The van der Waals surface area contributed by atoms with Gasteiger partial charge in [0, 0.05) is 30.1 Å². The molecule has 0 bridgehead atoms. The largest absolute Gasteiger partial charge is 0.490 e. The van der Waals surface area contributed by atoms with Gasteiger partial charge in [-0.1, -0.05) is 11.6 Å². The van der Waals surface area contributed by atoms with Gasteiger partial charge in [0.05, 0.1) is 23.9 Å². The number of aromatic nitrogens is 1. The maximum Gasteiger partial charge on any atom is 0.255 e. The van der Waals surface area contributed by atoms with Gasteiger partial charge in [-0.05, 0) is 26.0 Å². The minimum absolute atomic E-state index is 0.268. The molecular formula is C16H17ClN2O3. The van der Waals surface area contributed by atoms with E-state index in [0.29, 0.717) is 41.0 Å². The number of pyridine rings is 1. The Balaban J connectivity index is 2.27. The number of carbonyl (C=O) groups excluding carboxylic acids is 1. The van der Waals surface area contributed by atoms with Crippen LogP contribution in [-0.2, 0) is 0 Å². The van der Waals surface area contributed by atoms with Gasteiger partial charge in [-0.15, -0.1) is 0 Å². The third-order valence-electron chi connectivity index (χ3n) is 2.82. The van der Waals surface area contributed by atoms with Gasteiger partial charge in [0.25, 0.3) is 5.91 Å². The van der Waals surface area contributed by atoms with Crippen LogP contribution in [0.5, 0.6) is 11.5 Å². The summed E-state index contributed by atoms with van der Waals surface area (Å²) in [6.07, 6.45) is 3.11. The molecule has 0 aliphatic heterocycles. The predicted octanol–water partition coefficient (Wildman–Crippen LogP) is 3.78. The molecule has 1 amide bonds. The third kappa shape index (κ3) is 3.89. The standard InChI is InChI=1S/C16H17ClN2O3/c1-3-21-14-9-12(17)13(10-15(14)22-4-2)19-16(20)11-5-7-18-8-6-11/h5-10H,3-4H2,1-2H3,(H,19,20). The lowest BCUT2D eigenvalue weighted by molar-refractivity contribution is 0.102. The van der Waals surface area contributed by atoms with Gasteiger partial charge in [-0.2, -0.15) is 0 Å². The number of rotatable bonds is 6. The molecule has 0 saturated carbocycles. The van der Waals surface area contributed by atoms with Crippen LogP contribution < -0.4 is 14.8 Å². The Bertz CT molecular complexity index is 647. The molecular weight excluding hydrogens is 304 g/mol. The van der Waals surface area contributed by atoms with E-state index in [4.69, 9.17) is 21.1 Å². The topological polar surface area (TPSA) is 60.5 Å². The van der Waals surface area contributed by atoms with Crippen molar-refractivity contribution in [1.29, 1.82) is 0 Å². The fraction of sp³-hybridized carbons (Fsp3) is 0.250. The number of carbonyl (C=O) groups is 1. The maximum atomic E-state index is 12.2. The van der Waals surface area contributed by atoms with Gasteiger partial charge < -0.3 is 14.8 Å². The average molecular weight is 321 g/mol. The van der Waals surface area contributed by atoms with Gasteiger partial charge in [-0.3, -0.25) is 9.78 Å². The van der Waals surface area contributed by atoms with Crippen molar-refractivity contribution in [3.8, 4) is 11.5 Å². The molecule has 0 radical (unpaired) electrons. The van der Waals surface area contributed by atoms with E-state index >= 15 is 0 Å². The number of benzene rings is 1. The monoisotopic (exact) mass is 320 g/mol. The van der Waals surface area contributed by atoms with E-state index in [2.05, 4.69) is 10.3 Å². The molecule has 0 aliphatic rings. The quantitative estimate of drug-likeness (QED) is 0.879. The Morgan fingerprint density at radius 3 is 2.32 bits per heavy atom. The summed E-state index contributed by atoms with van der Waals surface area (Å²) < 4.78 is 11.0. The first kappa shape index (κ1) is 16.1. The fourth-order valence-electron chi connectivity index (χ4n) is 1.87. The van der Waals surface area contributed by atoms with E-state index in [9.17, 15) is 4.79 Å². The second-order valence-electron chi connectivity index (χ2n) is 4.33. The summed E-state index contributed by atoms with van der Waals surface area (Å²) in [4.78, 5) is 16.1.